The number of Topliss-reactive ketones (excluding diaryl/α,β-unsaturated/α-hetero) is 1. The summed E-state index contributed by atoms with van der Waals surface area (Å²) < 4.78 is 0. The molecule has 0 atom stereocenters. The molecule has 0 heterocycles. The van der Waals surface area contributed by atoms with E-state index in [0.717, 1.165) is 49.7 Å². The standard InChI is InChI=1S/C19H19ClO2/c20-15-7-5-14(6-8-15)19(9-10-19)17(21)11-16(12-1-2-12)18(22)13-3-4-13/h5-8,11-13H,1-4,9-10H2/b16-11+. The zero-order chi connectivity index (χ0) is 15.3. The fourth-order valence-electron chi connectivity index (χ4n) is 3.22. The molecular formula is C19H19ClO2. The first-order chi connectivity index (χ1) is 10.6. The van der Waals surface area contributed by atoms with E-state index in [1.54, 1.807) is 6.08 Å². The van der Waals surface area contributed by atoms with Crippen molar-refractivity contribution in [3.05, 3.63) is 46.5 Å². The van der Waals surface area contributed by atoms with E-state index in [9.17, 15) is 9.59 Å². The Kier molecular flexibility index (Phi) is 3.26. The molecule has 3 aliphatic carbocycles. The Morgan fingerprint density at radius 2 is 1.59 bits per heavy atom. The summed E-state index contributed by atoms with van der Waals surface area (Å²) in [6, 6.07) is 7.57. The monoisotopic (exact) mass is 314 g/mol. The lowest BCUT2D eigenvalue weighted by Gasteiger charge is -2.13. The average molecular weight is 315 g/mol. The number of allylic oxidation sites excluding steroid dienone is 2. The molecule has 1 aromatic rings. The van der Waals surface area contributed by atoms with Crippen molar-refractivity contribution in [3.63, 3.8) is 0 Å². The third-order valence-electron chi connectivity index (χ3n) is 5.15. The van der Waals surface area contributed by atoms with Crippen LogP contribution in [0.3, 0.4) is 0 Å². The number of benzene rings is 1. The Labute approximate surface area is 135 Å². The molecule has 2 nitrogen and oxygen atoms in total. The number of rotatable bonds is 6. The second-order valence-electron chi connectivity index (χ2n) is 6.97. The van der Waals surface area contributed by atoms with Gasteiger partial charge in [0.05, 0.1) is 5.41 Å². The maximum atomic E-state index is 12.8. The molecule has 3 saturated carbocycles. The molecule has 3 fully saturated rings. The topological polar surface area (TPSA) is 34.1 Å². The van der Waals surface area contributed by atoms with Crippen LogP contribution in [-0.4, -0.2) is 11.6 Å². The van der Waals surface area contributed by atoms with Gasteiger partial charge in [0.1, 0.15) is 0 Å². The van der Waals surface area contributed by atoms with Gasteiger partial charge in [-0.15, -0.1) is 0 Å². The van der Waals surface area contributed by atoms with Gasteiger partial charge in [-0.1, -0.05) is 23.7 Å². The fraction of sp³-hybridized carbons (Fsp3) is 0.474. The predicted octanol–water partition coefficient (Wildman–Crippen LogP) is 4.26. The highest BCUT2D eigenvalue weighted by Gasteiger charge is 2.50. The minimum atomic E-state index is -0.394. The summed E-state index contributed by atoms with van der Waals surface area (Å²) in [5.41, 5.74) is 1.45. The van der Waals surface area contributed by atoms with Gasteiger partial charge in [0.2, 0.25) is 0 Å². The number of hydrogen-bond acceptors (Lipinski definition) is 2. The van der Waals surface area contributed by atoms with E-state index in [-0.39, 0.29) is 17.5 Å². The zero-order valence-electron chi connectivity index (χ0n) is 12.5. The van der Waals surface area contributed by atoms with Crippen LogP contribution in [0.4, 0.5) is 0 Å². The van der Waals surface area contributed by atoms with E-state index in [2.05, 4.69) is 0 Å². The van der Waals surface area contributed by atoms with E-state index < -0.39 is 5.41 Å². The predicted molar refractivity (Wildman–Crippen MR) is 85.9 cm³/mol. The molecule has 114 valence electrons. The highest BCUT2D eigenvalue weighted by atomic mass is 35.5. The zero-order valence-corrected chi connectivity index (χ0v) is 13.2. The lowest BCUT2D eigenvalue weighted by molar-refractivity contribution is -0.119. The van der Waals surface area contributed by atoms with Crippen LogP contribution in [0.2, 0.25) is 5.02 Å². The van der Waals surface area contributed by atoms with Crippen molar-refractivity contribution in [2.75, 3.05) is 0 Å². The summed E-state index contributed by atoms with van der Waals surface area (Å²) in [6.45, 7) is 0. The molecule has 0 bridgehead atoms. The normalized spacial score (nSPS) is 23.2. The summed E-state index contributed by atoms with van der Waals surface area (Å²) in [5.74, 6) is 0.900. The van der Waals surface area contributed by atoms with E-state index in [1.165, 1.54) is 0 Å². The molecule has 0 N–H and O–H groups in total. The molecule has 0 amide bonds. The van der Waals surface area contributed by atoms with E-state index in [4.69, 9.17) is 11.6 Å². The molecule has 22 heavy (non-hydrogen) atoms. The van der Waals surface area contributed by atoms with Gasteiger partial charge >= 0.3 is 0 Å². The largest absolute Gasteiger partial charge is 0.294 e. The molecule has 4 rings (SSSR count). The summed E-state index contributed by atoms with van der Waals surface area (Å²) in [5, 5.41) is 0.685. The number of ketones is 2. The summed E-state index contributed by atoms with van der Waals surface area (Å²) in [7, 11) is 0. The lowest BCUT2D eigenvalue weighted by Crippen LogP contribution is -2.20. The van der Waals surface area contributed by atoms with Gasteiger partial charge in [0, 0.05) is 16.5 Å². The number of hydrogen-bond donors (Lipinski definition) is 0. The van der Waals surface area contributed by atoms with Gasteiger partial charge in [-0.05, 0) is 68.2 Å². The Morgan fingerprint density at radius 1 is 1.00 bits per heavy atom. The maximum absolute atomic E-state index is 12.8. The summed E-state index contributed by atoms with van der Waals surface area (Å²) in [6.07, 6.45) is 7.56. The molecule has 1 aromatic carbocycles. The van der Waals surface area contributed by atoms with E-state index in [1.807, 2.05) is 24.3 Å². The third kappa shape index (κ3) is 2.54. The Bertz CT molecular complexity index is 659. The van der Waals surface area contributed by atoms with Crippen LogP contribution in [0, 0.1) is 11.8 Å². The number of carbonyl (C=O) groups is 2. The molecule has 0 aromatic heterocycles. The Hall–Kier alpha value is -1.41. The van der Waals surface area contributed by atoms with Crippen LogP contribution >= 0.6 is 11.6 Å². The maximum Gasteiger partial charge on any atom is 0.166 e. The first kappa shape index (κ1) is 14.2. The quantitative estimate of drug-likeness (QED) is 0.735. The van der Waals surface area contributed by atoms with Gasteiger partial charge in [-0.2, -0.15) is 0 Å². The first-order valence-electron chi connectivity index (χ1n) is 8.16. The second kappa shape index (κ2) is 5.06. The van der Waals surface area contributed by atoms with Crippen LogP contribution in [0.25, 0.3) is 0 Å². The van der Waals surface area contributed by atoms with Crippen molar-refractivity contribution >= 4 is 23.2 Å². The summed E-state index contributed by atoms with van der Waals surface area (Å²) >= 11 is 5.94. The minimum absolute atomic E-state index is 0.116. The minimum Gasteiger partial charge on any atom is -0.294 e. The van der Waals surface area contributed by atoms with Crippen molar-refractivity contribution in [1.29, 1.82) is 0 Å². The molecule has 0 radical (unpaired) electrons. The highest BCUT2D eigenvalue weighted by molar-refractivity contribution is 6.30. The van der Waals surface area contributed by atoms with Crippen LogP contribution in [0.5, 0.6) is 0 Å². The molecule has 0 saturated heterocycles. The number of halogens is 1. The molecule has 0 spiro atoms. The molecule has 3 aliphatic rings. The van der Waals surface area contributed by atoms with Crippen LogP contribution < -0.4 is 0 Å². The summed E-state index contributed by atoms with van der Waals surface area (Å²) in [4.78, 5) is 25.3. The Morgan fingerprint density at radius 3 is 2.09 bits per heavy atom. The van der Waals surface area contributed by atoms with Crippen LogP contribution in [-0.2, 0) is 15.0 Å². The van der Waals surface area contributed by atoms with Gasteiger partial charge in [-0.3, -0.25) is 9.59 Å². The smallest absolute Gasteiger partial charge is 0.166 e. The van der Waals surface area contributed by atoms with Crippen molar-refractivity contribution in [2.24, 2.45) is 11.8 Å². The Balaban J connectivity index is 1.61. The van der Waals surface area contributed by atoms with Crippen molar-refractivity contribution < 1.29 is 9.59 Å². The SMILES string of the molecule is O=C(/C(=C/C(=O)C1(c2ccc(Cl)cc2)CC1)C1CC1)C1CC1. The average Bonchev–Trinajstić information content (AvgIpc) is 3.40. The lowest BCUT2D eigenvalue weighted by atomic mass is 9.88. The van der Waals surface area contributed by atoms with Gasteiger partial charge in [0.15, 0.2) is 11.6 Å². The fourth-order valence-corrected chi connectivity index (χ4v) is 3.34. The first-order valence-corrected chi connectivity index (χ1v) is 8.54. The molecular weight excluding hydrogens is 296 g/mol. The van der Waals surface area contributed by atoms with Crippen LogP contribution in [0.1, 0.15) is 44.1 Å². The molecule has 0 aliphatic heterocycles. The van der Waals surface area contributed by atoms with Gasteiger partial charge < -0.3 is 0 Å². The van der Waals surface area contributed by atoms with Crippen LogP contribution in [0.15, 0.2) is 35.9 Å². The highest BCUT2D eigenvalue weighted by Crippen LogP contribution is 2.50. The van der Waals surface area contributed by atoms with Gasteiger partial charge in [-0.25, -0.2) is 0 Å². The van der Waals surface area contributed by atoms with E-state index in [0.29, 0.717) is 10.9 Å². The molecule has 3 heteroatoms. The van der Waals surface area contributed by atoms with Crippen molar-refractivity contribution in [1.82, 2.24) is 0 Å². The van der Waals surface area contributed by atoms with Gasteiger partial charge in [0.25, 0.3) is 0 Å². The van der Waals surface area contributed by atoms with E-state index >= 15 is 0 Å². The van der Waals surface area contributed by atoms with Crippen molar-refractivity contribution in [3.8, 4) is 0 Å². The second-order valence-corrected chi connectivity index (χ2v) is 7.40. The van der Waals surface area contributed by atoms with Crippen molar-refractivity contribution in [2.45, 2.75) is 43.9 Å². The third-order valence-corrected chi connectivity index (χ3v) is 5.41. The number of carbonyl (C=O) groups excluding carboxylic acids is 2. The molecule has 0 unspecified atom stereocenters.